The predicted octanol–water partition coefficient (Wildman–Crippen LogP) is 8.55. The van der Waals surface area contributed by atoms with Gasteiger partial charge in [0.2, 0.25) is 0 Å². The van der Waals surface area contributed by atoms with E-state index in [9.17, 15) is 8.78 Å². The molecular weight excluding hydrogens is 366 g/mol. The van der Waals surface area contributed by atoms with Crippen LogP contribution in [0.2, 0.25) is 25.7 Å². The first-order valence-corrected chi connectivity index (χ1v) is 15.5. The Bertz CT molecular complexity index is 605. The third-order valence-electron chi connectivity index (χ3n) is 7.53. The van der Waals surface area contributed by atoms with Crippen molar-refractivity contribution in [3.8, 4) is 0 Å². The van der Waals surface area contributed by atoms with E-state index in [1.807, 2.05) is 0 Å². The molecule has 0 aromatic heterocycles. The van der Waals surface area contributed by atoms with E-state index >= 15 is 0 Å². The molecule has 3 heteroatoms. The molecule has 0 saturated heterocycles. The summed E-state index contributed by atoms with van der Waals surface area (Å²) in [5.74, 6) is 1.78. The lowest BCUT2D eigenvalue weighted by Gasteiger charge is -2.38. The number of unbranched alkanes of at least 4 members (excludes halogenated alkanes) is 1. The van der Waals surface area contributed by atoms with E-state index in [1.54, 1.807) is 6.07 Å². The molecule has 0 spiro atoms. The molecule has 3 rings (SSSR count). The Morgan fingerprint density at radius 2 is 1.39 bits per heavy atom. The van der Waals surface area contributed by atoms with Gasteiger partial charge in [0, 0.05) is 8.07 Å². The summed E-state index contributed by atoms with van der Waals surface area (Å²) >= 11 is 0. The van der Waals surface area contributed by atoms with E-state index in [0.717, 1.165) is 36.2 Å². The molecule has 0 atom stereocenters. The molecule has 2 saturated carbocycles. The van der Waals surface area contributed by atoms with E-state index < -0.39 is 19.7 Å². The zero-order valence-corrected chi connectivity index (χ0v) is 19.3. The highest BCUT2D eigenvalue weighted by atomic mass is 28.3. The van der Waals surface area contributed by atoms with Crippen molar-refractivity contribution in [3.05, 3.63) is 35.4 Å². The van der Waals surface area contributed by atoms with Crippen LogP contribution in [0.3, 0.4) is 0 Å². The van der Waals surface area contributed by atoms with Crippen LogP contribution in [0.15, 0.2) is 18.2 Å². The van der Waals surface area contributed by atoms with Crippen LogP contribution < -0.4 is 0 Å². The van der Waals surface area contributed by atoms with Gasteiger partial charge in [0.15, 0.2) is 11.6 Å². The van der Waals surface area contributed by atoms with Gasteiger partial charge in [-0.15, -0.1) is 0 Å². The molecule has 0 amide bonds. The third-order valence-corrected chi connectivity index (χ3v) is 9.39. The zero-order chi connectivity index (χ0) is 20.1. The molecule has 1 aromatic rings. The van der Waals surface area contributed by atoms with Crippen LogP contribution in [-0.2, 0) is 0 Å². The first-order chi connectivity index (χ1) is 13.3. The minimum Gasteiger partial charge on any atom is -0.204 e. The summed E-state index contributed by atoms with van der Waals surface area (Å²) in [5.41, 5.74) is 0.999. The van der Waals surface area contributed by atoms with Crippen LogP contribution >= 0.6 is 0 Å². The second kappa shape index (κ2) is 9.87. The average molecular weight is 407 g/mol. The molecular formula is C25H40F2Si. The Labute approximate surface area is 172 Å². The Balaban J connectivity index is 1.36. The van der Waals surface area contributed by atoms with Crippen LogP contribution in [0.4, 0.5) is 8.78 Å². The molecule has 0 nitrogen and oxygen atoms in total. The van der Waals surface area contributed by atoms with Gasteiger partial charge in [-0.3, -0.25) is 0 Å². The zero-order valence-electron chi connectivity index (χ0n) is 18.3. The second-order valence-electron chi connectivity index (χ2n) is 10.9. The van der Waals surface area contributed by atoms with Gasteiger partial charge in [-0.2, -0.15) is 0 Å². The van der Waals surface area contributed by atoms with E-state index in [1.165, 1.54) is 76.0 Å². The summed E-state index contributed by atoms with van der Waals surface area (Å²) in [5, 5.41) is 0. The first-order valence-electron chi connectivity index (χ1n) is 11.8. The lowest BCUT2D eigenvalue weighted by molar-refractivity contribution is 0.156. The lowest BCUT2D eigenvalue weighted by atomic mass is 9.68. The monoisotopic (exact) mass is 406 g/mol. The molecule has 0 aliphatic heterocycles. The molecule has 2 aliphatic carbocycles. The molecule has 2 fully saturated rings. The average Bonchev–Trinajstić information content (AvgIpc) is 2.67. The van der Waals surface area contributed by atoms with E-state index in [4.69, 9.17) is 0 Å². The minimum absolute atomic E-state index is 0.425. The van der Waals surface area contributed by atoms with E-state index in [0.29, 0.717) is 5.92 Å². The van der Waals surface area contributed by atoms with Crippen molar-refractivity contribution < 1.29 is 8.78 Å². The molecule has 1 aromatic carbocycles. The van der Waals surface area contributed by atoms with Gasteiger partial charge in [0.05, 0.1) is 0 Å². The number of rotatable bonds is 7. The SMILES string of the molecule is C[Si](C)(C)CCCCC1CCC(C2CCC(c3ccc(F)c(F)c3)CC2)CC1. The summed E-state index contributed by atoms with van der Waals surface area (Å²) in [6.45, 7) is 7.46. The number of hydrogen-bond acceptors (Lipinski definition) is 0. The lowest BCUT2D eigenvalue weighted by Crippen LogP contribution is -2.25. The van der Waals surface area contributed by atoms with Crippen molar-refractivity contribution in [2.45, 2.75) is 102 Å². The fourth-order valence-corrected chi connectivity index (χ4v) is 7.04. The van der Waals surface area contributed by atoms with Crippen molar-refractivity contribution in [3.63, 3.8) is 0 Å². The highest BCUT2D eigenvalue weighted by Gasteiger charge is 2.31. The maximum absolute atomic E-state index is 13.5. The minimum atomic E-state index is -0.853. The van der Waals surface area contributed by atoms with Crippen LogP contribution in [0.1, 0.15) is 82.1 Å². The van der Waals surface area contributed by atoms with Crippen molar-refractivity contribution in [1.82, 2.24) is 0 Å². The maximum atomic E-state index is 13.5. The quantitative estimate of drug-likeness (QED) is 0.314. The normalized spacial score (nSPS) is 29.0. The van der Waals surface area contributed by atoms with Gasteiger partial charge >= 0.3 is 0 Å². The summed E-state index contributed by atoms with van der Waals surface area (Å²) in [4.78, 5) is 0. The van der Waals surface area contributed by atoms with Gasteiger partial charge in [-0.25, -0.2) is 8.78 Å². The summed E-state index contributed by atoms with van der Waals surface area (Å²) in [6.07, 6.45) is 14.9. The van der Waals surface area contributed by atoms with Gasteiger partial charge in [0.25, 0.3) is 0 Å². The molecule has 28 heavy (non-hydrogen) atoms. The molecule has 0 radical (unpaired) electrons. The van der Waals surface area contributed by atoms with Crippen LogP contribution in [-0.4, -0.2) is 8.07 Å². The molecule has 0 heterocycles. The molecule has 2 aliphatic rings. The fraction of sp³-hybridized carbons (Fsp3) is 0.760. The van der Waals surface area contributed by atoms with E-state index in [-0.39, 0.29) is 0 Å². The van der Waals surface area contributed by atoms with Crippen molar-refractivity contribution in [1.29, 1.82) is 0 Å². The van der Waals surface area contributed by atoms with Gasteiger partial charge in [0.1, 0.15) is 0 Å². The van der Waals surface area contributed by atoms with E-state index in [2.05, 4.69) is 19.6 Å². The fourth-order valence-electron chi connectivity index (χ4n) is 5.73. The number of halogens is 2. The topological polar surface area (TPSA) is 0 Å². The summed E-state index contributed by atoms with van der Waals surface area (Å²) < 4.78 is 26.7. The highest BCUT2D eigenvalue weighted by molar-refractivity contribution is 6.76. The predicted molar refractivity (Wildman–Crippen MR) is 119 cm³/mol. The largest absolute Gasteiger partial charge is 0.204 e. The molecule has 0 N–H and O–H groups in total. The Hall–Kier alpha value is -0.703. The van der Waals surface area contributed by atoms with Crippen molar-refractivity contribution in [2.24, 2.45) is 17.8 Å². The van der Waals surface area contributed by atoms with Crippen LogP contribution in [0.25, 0.3) is 0 Å². The van der Waals surface area contributed by atoms with Gasteiger partial charge in [-0.05, 0) is 79.9 Å². The molecule has 158 valence electrons. The van der Waals surface area contributed by atoms with Crippen LogP contribution in [0.5, 0.6) is 0 Å². The third kappa shape index (κ3) is 6.40. The standard InChI is InChI=1S/C25H40F2Si/c1-28(2,3)17-5-4-6-19-7-9-20(10-8-19)21-11-13-22(14-12-21)23-15-16-24(26)25(27)18-23/h15-16,18-22H,4-14,17H2,1-3H3. The summed E-state index contributed by atoms with van der Waals surface area (Å²) in [7, 11) is -0.853. The van der Waals surface area contributed by atoms with Gasteiger partial charge < -0.3 is 0 Å². The molecule has 0 bridgehead atoms. The van der Waals surface area contributed by atoms with Crippen LogP contribution in [0, 0.1) is 29.4 Å². The first kappa shape index (κ1) is 22.0. The second-order valence-corrected chi connectivity index (χ2v) is 16.5. The molecule has 0 unspecified atom stereocenters. The Kier molecular flexibility index (Phi) is 7.75. The number of benzene rings is 1. The number of hydrogen-bond donors (Lipinski definition) is 0. The highest BCUT2D eigenvalue weighted by Crippen LogP contribution is 2.44. The maximum Gasteiger partial charge on any atom is 0.159 e. The van der Waals surface area contributed by atoms with Crippen molar-refractivity contribution in [2.75, 3.05) is 0 Å². The Morgan fingerprint density at radius 1 is 0.786 bits per heavy atom. The van der Waals surface area contributed by atoms with Gasteiger partial charge in [-0.1, -0.05) is 63.9 Å². The van der Waals surface area contributed by atoms with Crippen molar-refractivity contribution >= 4 is 8.07 Å². The summed E-state index contributed by atoms with van der Waals surface area (Å²) in [6, 6.07) is 6.00. The Morgan fingerprint density at radius 3 is 1.96 bits per heavy atom. The smallest absolute Gasteiger partial charge is 0.159 e.